The van der Waals surface area contributed by atoms with Crippen molar-refractivity contribution in [3.63, 3.8) is 0 Å². The molecule has 1 aliphatic carbocycles. The number of hydrogen-bond donors (Lipinski definition) is 1. The smallest absolute Gasteiger partial charge is 0.240 e. The van der Waals surface area contributed by atoms with Crippen LogP contribution in [-0.2, 0) is 9.59 Å². The molecule has 0 bridgehead atoms. The van der Waals surface area contributed by atoms with Crippen LogP contribution in [0.4, 0.5) is 5.69 Å². The minimum atomic E-state index is -0.132. The van der Waals surface area contributed by atoms with Gasteiger partial charge in [0.25, 0.3) is 0 Å². The summed E-state index contributed by atoms with van der Waals surface area (Å²) in [6, 6.07) is 5.95. The molecule has 4 nitrogen and oxygen atoms in total. The zero-order valence-electron chi connectivity index (χ0n) is 12.5. The molecule has 1 N–H and O–H groups in total. The van der Waals surface area contributed by atoms with Crippen LogP contribution in [0, 0.1) is 6.92 Å². The average Bonchev–Trinajstić information content (AvgIpc) is 2.92. The van der Waals surface area contributed by atoms with E-state index in [-0.39, 0.29) is 24.4 Å². The van der Waals surface area contributed by atoms with E-state index in [1.54, 1.807) is 0 Å². The number of carbonyl (C=O) groups is 2. The van der Waals surface area contributed by atoms with E-state index in [0.717, 1.165) is 28.6 Å². The van der Waals surface area contributed by atoms with Crippen molar-refractivity contribution in [2.75, 3.05) is 11.4 Å². The molecule has 1 fully saturated rings. The minimum absolute atomic E-state index is 0.0708. The third-order valence-corrected chi connectivity index (χ3v) is 4.72. The van der Waals surface area contributed by atoms with Crippen molar-refractivity contribution in [3.8, 4) is 0 Å². The second kappa shape index (κ2) is 7.07. The number of nitrogens with one attached hydrogen (secondary N) is 1. The minimum Gasteiger partial charge on any atom is -0.352 e. The molecule has 2 rings (SSSR count). The highest BCUT2D eigenvalue weighted by Crippen LogP contribution is 2.24. The summed E-state index contributed by atoms with van der Waals surface area (Å²) in [6.45, 7) is 3.54. The number of benzene rings is 1. The number of hydrogen-bond acceptors (Lipinski definition) is 2. The second-order valence-electron chi connectivity index (χ2n) is 5.59. The molecule has 0 saturated heterocycles. The number of rotatable bonds is 4. The van der Waals surface area contributed by atoms with E-state index in [0.29, 0.717) is 0 Å². The summed E-state index contributed by atoms with van der Waals surface area (Å²) >= 11 is 3.46. The largest absolute Gasteiger partial charge is 0.352 e. The zero-order valence-corrected chi connectivity index (χ0v) is 14.1. The Morgan fingerprint density at radius 3 is 2.57 bits per heavy atom. The van der Waals surface area contributed by atoms with E-state index < -0.39 is 0 Å². The average molecular weight is 353 g/mol. The van der Waals surface area contributed by atoms with Crippen molar-refractivity contribution in [2.45, 2.75) is 45.6 Å². The lowest BCUT2D eigenvalue weighted by Gasteiger charge is -2.22. The standard InChI is InChI=1S/C16H21BrN2O2/c1-11-7-8-14(9-15(11)17)19(12(2)20)10-16(21)18-13-5-3-4-6-13/h7-9,13H,3-6,10H2,1-2H3,(H,18,21). The highest BCUT2D eigenvalue weighted by atomic mass is 79.9. The highest BCUT2D eigenvalue weighted by molar-refractivity contribution is 9.10. The lowest BCUT2D eigenvalue weighted by atomic mass is 10.2. The number of halogens is 1. The molecule has 1 aromatic carbocycles. The SMILES string of the molecule is CC(=O)N(CC(=O)NC1CCCC1)c1ccc(C)c(Br)c1. The number of carbonyl (C=O) groups excluding carboxylic acids is 2. The van der Waals surface area contributed by atoms with Crippen molar-refractivity contribution in [2.24, 2.45) is 0 Å². The summed E-state index contributed by atoms with van der Waals surface area (Å²) in [5.74, 6) is -0.221. The van der Waals surface area contributed by atoms with Crippen LogP contribution in [0.15, 0.2) is 22.7 Å². The van der Waals surface area contributed by atoms with Crippen LogP contribution < -0.4 is 10.2 Å². The molecule has 0 unspecified atom stereocenters. The molecule has 1 aliphatic rings. The summed E-state index contributed by atoms with van der Waals surface area (Å²) in [4.78, 5) is 25.5. The number of aryl methyl sites for hydroxylation is 1. The van der Waals surface area contributed by atoms with Gasteiger partial charge in [0.05, 0.1) is 0 Å². The molecular weight excluding hydrogens is 332 g/mol. The van der Waals surface area contributed by atoms with Gasteiger partial charge in [-0.1, -0.05) is 34.8 Å². The van der Waals surface area contributed by atoms with Crippen LogP contribution in [0.3, 0.4) is 0 Å². The molecule has 2 amide bonds. The summed E-state index contributed by atoms with van der Waals surface area (Å²) in [5.41, 5.74) is 1.83. The van der Waals surface area contributed by atoms with Crippen LogP contribution in [0.5, 0.6) is 0 Å². The second-order valence-corrected chi connectivity index (χ2v) is 6.44. The molecule has 114 valence electrons. The number of anilines is 1. The van der Waals surface area contributed by atoms with Crippen molar-refractivity contribution in [3.05, 3.63) is 28.2 Å². The Morgan fingerprint density at radius 1 is 1.33 bits per heavy atom. The molecule has 0 aliphatic heterocycles. The summed E-state index contributed by atoms with van der Waals surface area (Å²) < 4.78 is 0.933. The highest BCUT2D eigenvalue weighted by Gasteiger charge is 2.20. The van der Waals surface area contributed by atoms with Gasteiger partial charge in [-0.05, 0) is 37.5 Å². The van der Waals surface area contributed by atoms with E-state index in [9.17, 15) is 9.59 Å². The summed E-state index contributed by atoms with van der Waals surface area (Å²) in [5, 5.41) is 3.02. The lowest BCUT2D eigenvalue weighted by molar-refractivity contribution is -0.123. The Bertz CT molecular complexity index is 539. The molecule has 1 aromatic rings. The first kappa shape index (κ1) is 16.0. The zero-order chi connectivity index (χ0) is 15.4. The summed E-state index contributed by atoms with van der Waals surface area (Å²) in [6.07, 6.45) is 4.43. The van der Waals surface area contributed by atoms with Gasteiger partial charge < -0.3 is 10.2 Å². The molecule has 0 spiro atoms. The Morgan fingerprint density at radius 2 is 2.00 bits per heavy atom. The van der Waals surface area contributed by atoms with Crippen LogP contribution in [0.25, 0.3) is 0 Å². The maximum atomic E-state index is 12.1. The molecule has 5 heteroatoms. The fraction of sp³-hybridized carbons (Fsp3) is 0.500. The van der Waals surface area contributed by atoms with Gasteiger partial charge in [0, 0.05) is 23.1 Å². The molecule has 0 aromatic heterocycles. The topological polar surface area (TPSA) is 49.4 Å². The third kappa shape index (κ3) is 4.30. The first-order valence-electron chi connectivity index (χ1n) is 7.31. The van der Waals surface area contributed by atoms with E-state index in [4.69, 9.17) is 0 Å². The molecular formula is C16H21BrN2O2. The van der Waals surface area contributed by atoms with E-state index in [1.165, 1.54) is 24.7 Å². The summed E-state index contributed by atoms with van der Waals surface area (Å²) in [7, 11) is 0. The van der Waals surface area contributed by atoms with Gasteiger partial charge in [-0.15, -0.1) is 0 Å². The van der Waals surface area contributed by atoms with Crippen molar-refractivity contribution in [1.82, 2.24) is 5.32 Å². The first-order chi connectivity index (χ1) is 9.97. The van der Waals surface area contributed by atoms with Gasteiger partial charge in [0.2, 0.25) is 11.8 Å². The molecule has 1 saturated carbocycles. The molecule has 0 radical (unpaired) electrons. The van der Waals surface area contributed by atoms with Crippen LogP contribution in [0.1, 0.15) is 38.2 Å². The van der Waals surface area contributed by atoms with Gasteiger partial charge in [-0.25, -0.2) is 0 Å². The van der Waals surface area contributed by atoms with Crippen LogP contribution in [0.2, 0.25) is 0 Å². The quantitative estimate of drug-likeness (QED) is 0.904. The normalized spacial score (nSPS) is 15.0. The van der Waals surface area contributed by atoms with Crippen molar-refractivity contribution >= 4 is 33.4 Å². The number of nitrogens with zero attached hydrogens (tertiary/aromatic N) is 1. The monoisotopic (exact) mass is 352 g/mol. The lowest BCUT2D eigenvalue weighted by Crippen LogP contribution is -2.43. The Balaban J connectivity index is 2.06. The van der Waals surface area contributed by atoms with Gasteiger partial charge in [0.15, 0.2) is 0 Å². The Labute approximate surface area is 134 Å². The first-order valence-corrected chi connectivity index (χ1v) is 8.10. The van der Waals surface area contributed by atoms with Crippen molar-refractivity contribution in [1.29, 1.82) is 0 Å². The van der Waals surface area contributed by atoms with Crippen LogP contribution >= 0.6 is 15.9 Å². The fourth-order valence-corrected chi connectivity index (χ4v) is 2.99. The molecule has 0 heterocycles. The Hall–Kier alpha value is -1.36. The number of amides is 2. The predicted molar refractivity (Wildman–Crippen MR) is 87.3 cm³/mol. The predicted octanol–water partition coefficient (Wildman–Crippen LogP) is 3.17. The van der Waals surface area contributed by atoms with E-state index in [2.05, 4.69) is 21.2 Å². The molecule has 0 atom stereocenters. The van der Waals surface area contributed by atoms with Gasteiger partial charge in [-0.2, -0.15) is 0 Å². The maximum Gasteiger partial charge on any atom is 0.240 e. The van der Waals surface area contributed by atoms with E-state index in [1.807, 2.05) is 25.1 Å². The van der Waals surface area contributed by atoms with Crippen LogP contribution in [-0.4, -0.2) is 24.4 Å². The van der Waals surface area contributed by atoms with Gasteiger partial charge >= 0.3 is 0 Å². The van der Waals surface area contributed by atoms with E-state index >= 15 is 0 Å². The maximum absolute atomic E-state index is 12.1. The van der Waals surface area contributed by atoms with Gasteiger partial charge in [0.1, 0.15) is 6.54 Å². The van der Waals surface area contributed by atoms with Gasteiger partial charge in [-0.3, -0.25) is 9.59 Å². The third-order valence-electron chi connectivity index (χ3n) is 3.87. The molecule has 21 heavy (non-hydrogen) atoms. The fourth-order valence-electron chi connectivity index (χ4n) is 2.62. The Kier molecular flexibility index (Phi) is 5.39. The van der Waals surface area contributed by atoms with Crippen molar-refractivity contribution < 1.29 is 9.59 Å².